The second-order valence-electron chi connectivity index (χ2n) is 4.29. The van der Waals surface area contributed by atoms with Gasteiger partial charge in [-0.3, -0.25) is 19.3 Å². The summed E-state index contributed by atoms with van der Waals surface area (Å²) in [5, 5.41) is 0. The van der Waals surface area contributed by atoms with Gasteiger partial charge in [-0.1, -0.05) is 0 Å². The Morgan fingerprint density at radius 3 is 2.68 bits per heavy atom. The number of benzene rings is 1. The molecule has 19 heavy (non-hydrogen) atoms. The first-order valence-electron chi connectivity index (χ1n) is 5.85. The van der Waals surface area contributed by atoms with Crippen molar-refractivity contribution in [2.75, 3.05) is 25.0 Å². The molecule has 0 spiro atoms. The molecule has 6 heteroatoms. The predicted octanol–water partition coefficient (Wildman–Crippen LogP) is 0.833. The molecule has 0 atom stereocenters. The van der Waals surface area contributed by atoms with Crippen LogP contribution in [-0.4, -0.2) is 42.6 Å². The van der Waals surface area contributed by atoms with E-state index in [9.17, 15) is 18.8 Å². The zero-order valence-electron chi connectivity index (χ0n) is 10.6. The first kappa shape index (κ1) is 13.2. The van der Waals surface area contributed by atoms with Gasteiger partial charge in [0.25, 0.3) is 11.7 Å². The predicted molar refractivity (Wildman–Crippen MR) is 66.4 cm³/mol. The molecule has 0 fully saturated rings. The van der Waals surface area contributed by atoms with Gasteiger partial charge in [0.1, 0.15) is 12.4 Å². The molecule has 2 amide bonds. The van der Waals surface area contributed by atoms with Crippen LogP contribution in [0.2, 0.25) is 0 Å². The van der Waals surface area contributed by atoms with Gasteiger partial charge in [0.05, 0.1) is 11.3 Å². The number of ketones is 1. The second kappa shape index (κ2) is 4.79. The molecule has 0 bridgehead atoms. The number of hydrogen-bond acceptors (Lipinski definition) is 3. The van der Waals surface area contributed by atoms with Crippen LogP contribution in [0.15, 0.2) is 18.2 Å². The van der Waals surface area contributed by atoms with Crippen LogP contribution in [0.25, 0.3) is 0 Å². The van der Waals surface area contributed by atoms with Crippen molar-refractivity contribution < 1.29 is 18.8 Å². The Labute approximate surface area is 109 Å². The fourth-order valence-electron chi connectivity index (χ4n) is 1.86. The minimum atomic E-state index is -0.793. The summed E-state index contributed by atoms with van der Waals surface area (Å²) in [4.78, 5) is 37.8. The normalized spacial score (nSPS) is 13.7. The maximum absolute atomic E-state index is 13.1. The third-order valence-corrected chi connectivity index (χ3v) is 3.13. The number of halogens is 1. The maximum Gasteiger partial charge on any atom is 0.299 e. The van der Waals surface area contributed by atoms with Crippen LogP contribution in [-0.2, 0) is 9.59 Å². The van der Waals surface area contributed by atoms with E-state index in [1.165, 1.54) is 11.0 Å². The average Bonchev–Trinajstić information content (AvgIpc) is 2.62. The van der Waals surface area contributed by atoms with E-state index in [1.807, 2.05) is 0 Å². The summed E-state index contributed by atoms with van der Waals surface area (Å²) in [6.45, 7) is 2.09. The van der Waals surface area contributed by atoms with Gasteiger partial charge >= 0.3 is 0 Å². The number of amides is 2. The highest BCUT2D eigenvalue weighted by Crippen LogP contribution is 2.29. The molecule has 0 aromatic heterocycles. The van der Waals surface area contributed by atoms with Gasteiger partial charge in [-0.15, -0.1) is 0 Å². The van der Waals surface area contributed by atoms with Crippen molar-refractivity contribution in [2.24, 2.45) is 0 Å². The Bertz CT molecular complexity index is 571. The molecule has 1 aliphatic heterocycles. The van der Waals surface area contributed by atoms with Gasteiger partial charge in [0.2, 0.25) is 5.91 Å². The minimum absolute atomic E-state index is 0.0111. The molecule has 0 unspecified atom stereocenters. The van der Waals surface area contributed by atoms with Crippen LogP contribution in [0.3, 0.4) is 0 Å². The zero-order valence-corrected chi connectivity index (χ0v) is 10.6. The number of hydrogen-bond donors (Lipinski definition) is 0. The van der Waals surface area contributed by atoms with E-state index in [0.717, 1.165) is 17.0 Å². The summed E-state index contributed by atoms with van der Waals surface area (Å²) in [7, 11) is 1.61. The van der Waals surface area contributed by atoms with Crippen LogP contribution in [0.1, 0.15) is 17.3 Å². The maximum atomic E-state index is 13.1. The highest BCUT2D eigenvalue weighted by atomic mass is 19.1. The summed E-state index contributed by atoms with van der Waals surface area (Å²) < 4.78 is 13.1. The summed E-state index contributed by atoms with van der Waals surface area (Å²) in [5.41, 5.74) is 0.297. The summed E-state index contributed by atoms with van der Waals surface area (Å²) in [6, 6.07) is 3.52. The van der Waals surface area contributed by atoms with Crippen molar-refractivity contribution in [2.45, 2.75) is 6.92 Å². The number of likely N-dealkylation sites (N-methyl/N-ethyl adjacent to an activating group) is 1. The van der Waals surface area contributed by atoms with Gasteiger partial charge in [0, 0.05) is 13.6 Å². The number of nitrogens with zero attached hydrogens (tertiary/aromatic N) is 2. The molecule has 0 radical (unpaired) electrons. The SMILES string of the molecule is CCN(C)C(=O)CN1C(=O)C(=O)c2cc(F)ccc21. The lowest BCUT2D eigenvalue weighted by molar-refractivity contribution is -0.129. The van der Waals surface area contributed by atoms with E-state index < -0.39 is 17.5 Å². The number of rotatable bonds is 3. The lowest BCUT2D eigenvalue weighted by atomic mass is 10.1. The highest BCUT2D eigenvalue weighted by Gasteiger charge is 2.37. The van der Waals surface area contributed by atoms with Crippen molar-refractivity contribution in [1.82, 2.24) is 4.90 Å². The summed E-state index contributed by atoms with van der Waals surface area (Å²) in [5.74, 6) is -2.43. The van der Waals surface area contributed by atoms with Crippen LogP contribution in [0, 0.1) is 5.82 Å². The molecule has 0 saturated carbocycles. The van der Waals surface area contributed by atoms with Crippen LogP contribution in [0.4, 0.5) is 10.1 Å². The molecule has 5 nitrogen and oxygen atoms in total. The van der Waals surface area contributed by atoms with Crippen molar-refractivity contribution in [3.8, 4) is 0 Å². The first-order valence-corrected chi connectivity index (χ1v) is 5.85. The van der Waals surface area contributed by atoms with Crippen molar-refractivity contribution in [3.05, 3.63) is 29.6 Å². The van der Waals surface area contributed by atoms with Gasteiger partial charge in [-0.25, -0.2) is 4.39 Å². The van der Waals surface area contributed by atoms with E-state index >= 15 is 0 Å². The third-order valence-electron chi connectivity index (χ3n) is 3.13. The molecule has 0 N–H and O–H groups in total. The molecule has 2 rings (SSSR count). The molecular formula is C13H13FN2O3. The molecular weight excluding hydrogens is 251 g/mol. The topological polar surface area (TPSA) is 57.7 Å². The Kier molecular flexibility index (Phi) is 3.33. The number of carbonyl (C=O) groups is 3. The smallest absolute Gasteiger partial charge is 0.299 e. The Balaban J connectivity index is 2.31. The van der Waals surface area contributed by atoms with Crippen LogP contribution >= 0.6 is 0 Å². The quantitative estimate of drug-likeness (QED) is 0.760. The van der Waals surface area contributed by atoms with Gasteiger partial charge in [-0.2, -0.15) is 0 Å². The standard InChI is InChI=1S/C13H13FN2O3/c1-3-15(2)11(17)7-16-10-5-4-8(14)6-9(10)12(18)13(16)19/h4-6H,3,7H2,1-2H3. The van der Waals surface area contributed by atoms with Crippen LogP contribution < -0.4 is 4.90 Å². The number of Topliss-reactive ketones (excluding diaryl/α,β-unsaturated/α-hetero) is 1. The van der Waals surface area contributed by atoms with E-state index in [2.05, 4.69) is 0 Å². The average molecular weight is 264 g/mol. The van der Waals surface area contributed by atoms with Crippen molar-refractivity contribution in [3.63, 3.8) is 0 Å². The molecule has 1 heterocycles. The second-order valence-corrected chi connectivity index (χ2v) is 4.29. The Hall–Kier alpha value is -2.24. The summed E-state index contributed by atoms with van der Waals surface area (Å²) >= 11 is 0. The Morgan fingerprint density at radius 1 is 1.37 bits per heavy atom. The molecule has 1 aliphatic rings. The van der Waals surface area contributed by atoms with E-state index in [4.69, 9.17) is 0 Å². The largest absolute Gasteiger partial charge is 0.344 e. The van der Waals surface area contributed by atoms with E-state index in [-0.39, 0.29) is 23.7 Å². The zero-order chi connectivity index (χ0) is 14.2. The van der Waals surface area contributed by atoms with Crippen LogP contribution in [0.5, 0.6) is 0 Å². The Morgan fingerprint density at radius 2 is 2.05 bits per heavy atom. The molecule has 1 aromatic carbocycles. The third kappa shape index (κ3) is 2.21. The lowest BCUT2D eigenvalue weighted by Gasteiger charge is -2.20. The number of fused-ring (bicyclic) bond motifs is 1. The lowest BCUT2D eigenvalue weighted by Crippen LogP contribution is -2.40. The fourth-order valence-corrected chi connectivity index (χ4v) is 1.86. The fraction of sp³-hybridized carbons (Fsp3) is 0.308. The minimum Gasteiger partial charge on any atom is -0.344 e. The highest BCUT2D eigenvalue weighted by molar-refractivity contribution is 6.52. The molecule has 0 aliphatic carbocycles. The molecule has 0 saturated heterocycles. The summed E-state index contributed by atoms with van der Waals surface area (Å²) in [6.07, 6.45) is 0. The van der Waals surface area contributed by atoms with Crippen molar-refractivity contribution in [1.29, 1.82) is 0 Å². The number of anilines is 1. The monoisotopic (exact) mass is 264 g/mol. The van der Waals surface area contributed by atoms with Gasteiger partial charge in [-0.05, 0) is 25.1 Å². The van der Waals surface area contributed by atoms with E-state index in [1.54, 1.807) is 14.0 Å². The van der Waals surface area contributed by atoms with Gasteiger partial charge < -0.3 is 4.90 Å². The molecule has 1 aromatic rings. The van der Waals surface area contributed by atoms with Crippen molar-refractivity contribution >= 4 is 23.3 Å². The molecule has 100 valence electrons. The van der Waals surface area contributed by atoms with E-state index in [0.29, 0.717) is 6.54 Å². The first-order chi connectivity index (χ1) is 8.95. The number of carbonyl (C=O) groups excluding carboxylic acids is 3. The van der Waals surface area contributed by atoms with Gasteiger partial charge in [0.15, 0.2) is 0 Å².